The van der Waals surface area contributed by atoms with Crippen LogP contribution in [0.25, 0.3) is 5.65 Å². The van der Waals surface area contributed by atoms with Crippen LogP contribution in [0.3, 0.4) is 0 Å². The van der Waals surface area contributed by atoms with E-state index in [1.54, 1.807) is 0 Å². The van der Waals surface area contributed by atoms with Crippen molar-refractivity contribution in [1.29, 1.82) is 0 Å². The van der Waals surface area contributed by atoms with Gasteiger partial charge in [-0.3, -0.25) is 4.99 Å². The minimum atomic E-state index is 0.957. The number of hydrogen-bond acceptors (Lipinski definition) is 3. The standard InChI is InChI=1S/C21H24N4/c1-15-11-13-25-16(2)19(24-21(25)14-15)10-7-17-5-8-18(9-6-17)23-20-4-3-12-22-20/h5-6,8-9,11,13-14H,3-4,7,10,12H2,1-2H3,(H,22,23). The molecule has 4 heteroatoms. The quantitative estimate of drug-likeness (QED) is 0.772. The fourth-order valence-corrected chi connectivity index (χ4v) is 3.38. The zero-order valence-corrected chi connectivity index (χ0v) is 14.9. The van der Waals surface area contributed by atoms with Gasteiger partial charge in [-0.1, -0.05) is 12.1 Å². The molecule has 1 aromatic carbocycles. The Bertz CT molecular complexity index is 919. The maximum Gasteiger partial charge on any atom is 0.137 e. The van der Waals surface area contributed by atoms with Crippen LogP contribution in [0, 0.1) is 13.8 Å². The summed E-state index contributed by atoms with van der Waals surface area (Å²) in [6.45, 7) is 5.22. The number of fused-ring (bicyclic) bond motifs is 1. The van der Waals surface area contributed by atoms with Crippen molar-refractivity contribution in [1.82, 2.24) is 9.38 Å². The topological polar surface area (TPSA) is 41.7 Å². The lowest BCUT2D eigenvalue weighted by atomic mass is 10.1. The molecule has 128 valence electrons. The molecule has 0 fully saturated rings. The Labute approximate surface area is 148 Å². The molecular formula is C21H24N4. The molecule has 3 heterocycles. The number of benzene rings is 1. The predicted molar refractivity (Wildman–Crippen MR) is 104 cm³/mol. The van der Waals surface area contributed by atoms with Crippen molar-refractivity contribution in [3.05, 3.63) is 65.1 Å². The van der Waals surface area contributed by atoms with E-state index in [9.17, 15) is 0 Å². The smallest absolute Gasteiger partial charge is 0.137 e. The highest BCUT2D eigenvalue weighted by Gasteiger charge is 2.09. The van der Waals surface area contributed by atoms with Crippen LogP contribution in [0.4, 0.5) is 5.69 Å². The summed E-state index contributed by atoms with van der Waals surface area (Å²) in [5.41, 5.74) is 7.19. The fraction of sp³-hybridized carbons (Fsp3) is 0.333. The van der Waals surface area contributed by atoms with E-state index in [1.807, 2.05) is 0 Å². The van der Waals surface area contributed by atoms with Crippen molar-refractivity contribution < 1.29 is 0 Å². The molecule has 1 aliphatic heterocycles. The molecule has 0 aliphatic carbocycles. The SMILES string of the molecule is Cc1ccn2c(C)c(CCc3ccc(NC4=NCCC4)cc3)nc2c1. The molecule has 2 aromatic heterocycles. The number of nitrogens with one attached hydrogen (secondary N) is 1. The second kappa shape index (κ2) is 6.71. The van der Waals surface area contributed by atoms with Gasteiger partial charge in [0, 0.05) is 30.5 Å². The van der Waals surface area contributed by atoms with Crippen LogP contribution in [0.2, 0.25) is 0 Å². The summed E-state index contributed by atoms with van der Waals surface area (Å²) >= 11 is 0. The van der Waals surface area contributed by atoms with Gasteiger partial charge in [0.05, 0.1) is 5.69 Å². The minimum absolute atomic E-state index is 0.957. The van der Waals surface area contributed by atoms with Gasteiger partial charge in [0.25, 0.3) is 0 Å². The second-order valence-corrected chi connectivity index (χ2v) is 6.83. The first-order chi connectivity index (χ1) is 12.2. The molecule has 0 saturated heterocycles. The third kappa shape index (κ3) is 3.43. The first kappa shape index (κ1) is 15.9. The minimum Gasteiger partial charge on any atom is -0.344 e. The number of hydrogen-bond donors (Lipinski definition) is 1. The average molecular weight is 332 g/mol. The molecule has 0 atom stereocenters. The molecule has 0 bridgehead atoms. The fourth-order valence-electron chi connectivity index (χ4n) is 3.38. The summed E-state index contributed by atoms with van der Waals surface area (Å²) in [6, 6.07) is 13.0. The number of aliphatic imine (C=N–C) groups is 1. The third-order valence-electron chi connectivity index (χ3n) is 4.89. The molecule has 1 aliphatic rings. The third-order valence-corrected chi connectivity index (χ3v) is 4.89. The Hall–Kier alpha value is -2.62. The highest BCUT2D eigenvalue weighted by molar-refractivity contribution is 5.96. The number of aromatic nitrogens is 2. The van der Waals surface area contributed by atoms with Crippen LogP contribution in [0.1, 0.15) is 35.4 Å². The lowest BCUT2D eigenvalue weighted by Gasteiger charge is -2.07. The van der Waals surface area contributed by atoms with Gasteiger partial charge < -0.3 is 9.72 Å². The van der Waals surface area contributed by atoms with E-state index in [2.05, 4.69) is 71.2 Å². The molecule has 0 amide bonds. The Kier molecular flexibility index (Phi) is 4.26. The van der Waals surface area contributed by atoms with Crippen LogP contribution in [-0.2, 0) is 12.8 Å². The lowest BCUT2D eigenvalue weighted by molar-refractivity contribution is 0.911. The van der Waals surface area contributed by atoms with Crippen molar-refractivity contribution >= 4 is 17.2 Å². The molecule has 4 nitrogen and oxygen atoms in total. The highest BCUT2D eigenvalue weighted by atomic mass is 15.0. The summed E-state index contributed by atoms with van der Waals surface area (Å²) in [4.78, 5) is 9.27. The molecule has 1 N–H and O–H groups in total. The monoisotopic (exact) mass is 332 g/mol. The zero-order valence-electron chi connectivity index (χ0n) is 14.9. The van der Waals surface area contributed by atoms with Gasteiger partial charge in [-0.05, 0) is 68.5 Å². The van der Waals surface area contributed by atoms with Crippen LogP contribution in [-0.4, -0.2) is 21.8 Å². The van der Waals surface area contributed by atoms with Gasteiger partial charge in [0.2, 0.25) is 0 Å². The lowest BCUT2D eigenvalue weighted by Crippen LogP contribution is -2.08. The number of rotatable bonds is 4. The summed E-state index contributed by atoms with van der Waals surface area (Å²) < 4.78 is 2.18. The molecule has 25 heavy (non-hydrogen) atoms. The van der Waals surface area contributed by atoms with Gasteiger partial charge in [0.15, 0.2) is 0 Å². The molecule has 3 aromatic rings. The second-order valence-electron chi connectivity index (χ2n) is 6.83. The maximum atomic E-state index is 4.81. The molecule has 0 saturated carbocycles. The number of anilines is 1. The van der Waals surface area contributed by atoms with Crippen molar-refractivity contribution in [2.24, 2.45) is 4.99 Å². The number of imidazole rings is 1. The zero-order chi connectivity index (χ0) is 17.2. The maximum absolute atomic E-state index is 4.81. The van der Waals surface area contributed by atoms with E-state index >= 15 is 0 Å². The van der Waals surface area contributed by atoms with E-state index in [-0.39, 0.29) is 0 Å². The van der Waals surface area contributed by atoms with E-state index < -0.39 is 0 Å². The van der Waals surface area contributed by atoms with Gasteiger partial charge in [0.1, 0.15) is 11.5 Å². The Balaban J connectivity index is 1.43. The van der Waals surface area contributed by atoms with Crippen molar-refractivity contribution in [2.45, 2.75) is 39.5 Å². The van der Waals surface area contributed by atoms with E-state index in [4.69, 9.17) is 4.98 Å². The summed E-state index contributed by atoms with van der Waals surface area (Å²) in [7, 11) is 0. The molecule has 0 spiro atoms. The van der Waals surface area contributed by atoms with Crippen molar-refractivity contribution in [3.63, 3.8) is 0 Å². The van der Waals surface area contributed by atoms with Gasteiger partial charge >= 0.3 is 0 Å². The number of amidine groups is 1. The largest absolute Gasteiger partial charge is 0.344 e. The molecule has 4 rings (SSSR count). The Morgan fingerprint density at radius 3 is 2.68 bits per heavy atom. The van der Waals surface area contributed by atoms with Crippen molar-refractivity contribution in [3.8, 4) is 0 Å². The van der Waals surface area contributed by atoms with Crippen LogP contribution >= 0.6 is 0 Å². The van der Waals surface area contributed by atoms with Crippen LogP contribution < -0.4 is 5.32 Å². The Morgan fingerprint density at radius 1 is 1.08 bits per heavy atom. The summed E-state index contributed by atoms with van der Waals surface area (Å²) in [5.74, 6) is 1.11. The normalized spacial score (nSPS) is 14.1. The van der Waals surface area contributed by atoms with Gasteiger partial charge in [-0.15, -0.1) is 0 Å². The van der Waals surface area contributed by atoms with Crippen LogP contribution in [0.15, 0.2) is 47.6 Å². The summed E-state index contributed by atoms with van der Waals surface area (Å²) in [6.07, 6.45) is 6.31. The van der Waals surface area contributed by atoms with Gasteiger partial charge in [-0.25, -0.2) is 4.98 Å². The van der Waals surface area contributed by atoms with Gasteiger partial charge in [-0.2, -0.15) is 0 Å². The van der Waals surface area contributed by atoms with Crippen molar-refractivity contribution in [2.75, 3.05) is 11.9 Å². The number of pyridine rings is 1. The predicted octanol–water partition coefficient (Wildman–Crippen LogP) is 4.34. The summed E-state index contributed by atoms with van der Waals surface area (Å²) in [5, 5.41) is 3.41. The number of nitrogens with zero attached hydrogens (tertiary/aromatic N) is 3. The first-order valence-corrected chi connectivity index (χ1v) is 9.02. The molecule has 0 unspecified atom stereocenters. The average Bonchev–Trinajstić information content (AvgIpc) is 3.22. The van der Waals surface area contributed by atoms with E-state index in [1.165, 1.54) is 22.5 Å². The first-order valence-electron chi connectivity index (χ1n) is 9.02. The van der Waals surface area contributed by atoms with Crippen LogP contribution in [0.5, 0.6) is 0 Å². The van der Waals surface area contributed by atoms with E-state index in [0.29, 0.717) is 0 Å². The number of aryl methyl sites for hydroxylation is 4. The molecular weight excluding hydrogens is 308 g/mol. The van der Waals surface area contributed by atoms with E-state index in [0.717, 1.165) is 49.4 Å². The molecule has 0 radical (unpaired) electrons. The highest BCUT2D eigenvalue weighted by Crippen LogP contribution is 2.17. The Morgan fingerprint density at radius 2 is 1.92 bits per heavy atom.